The molecule has 5 nitrogen and oxygen atoms in total. The maximum Gasteiger partial charge on any atom is 0.319 e. The summed E-state index contributed by atoms with van der Waals surface area (Å²) in [6.45, 7) is 1.76. The fourth-order valence-corrected chi connectivity index (χ4v) is 1.71. The van der Waals surface area contributed by atoms with Crippen LogP contribution < -0.4 is 16.0 Å². The van der Waals surface area contributed by atoms with Crippen molar-refractivity contribution in [1.82, 2.24) is 5.32 Å². The van der Waals surface area contributed by atoms with Gasteiger partial charge in [0.1, 0.15) is 5.82 Å². The van der Waals surface area contributed by atoms with Crippen molar-refractivity contribution >= 4 is 23.3 Å². The molecule has 0 aliphatic rings. The molecule has 0 saturated heterocycles. The molecule has 114 valence electrons. The second kappa shape index (κ2) is 7.21. The molecule has 0 aliphatic carbocycles. The molecule has 2 aromatic rings. The van der Waals surface area contributed by atoms with Crippen molar-refractivity contribution in [1.29, 1.82) is 0 Å². The highest BCUT2D eigenvalue weighted by atomic mass is 19.1. The first-order chi connectivity index (χ1) is 10.5. The molecule has 0 saturated carbocycles. The van der Waals surface area contributed by atoms with Crippen LogP contribution in [0.1, 0.15) is 5.56 Å². The van der Waals surface area contributed by atoms with E-state index in [9.17, 15) is 14.0 Å². The van der Waals surface area contributed by atoms with Gasteiger partial charge in [-0.25, -0.2) is 9.18 Å². The summed E-state index contributed by atoms with van der Waals surface area (Å²) in [7, 11) is 0. The summed E-state index contributed by atoms with van der Waals surface area (Å²) in [5.74, 6) is -0.778. The third-order valence-corrected chi connectivity index (χ3v) is 2.85. The highest BCUT2D eigenvalue weighted by Gasteiger charge is 2.06. The molecule has 0 spiro atoms. The molecule has 0 aliphatic heterocycles. The van der Waals surface area contributed by atoms with E-state index in [-0.39, 0.29) is 12.4 Å². The summed E-state index contributed by atoms with van der Waals surface area (Å²) >= 11 is 0. The molecular formula is C16H16FN3O2. The minimum absolute atomic E-state index is 0.185. The molecule has 0 heterocycles. The molecular weight excluding hydrogens is 285 g/mol. The number of urea groups is 1. The Morgan fingerprint density at radius 2 is 1.45 bits per heavy atom. The zero-order valence-corrected chi connectivity index (χ0v) is 12.0. The van der Waals surface area contributed by atoms with Crippen molar-refractivity contribution in [3.05, 3.63) is 59.9 Å². The Morgan fingerprint density at radius 3 is 2.09 bits per heavy atom. The molecule has 3 N–H and O–H groups in total. The average Bonchev–Trinajstić information content (AvgIpc) is 2.50. The Bertz CT molecular complexity index is 595. The fraction of sp³-hybridized carbons (Fsp3) is 0.125. The molecule has 0 aromatic heterocycles. The SMILES string of the molecule is Cc1ccc(NC(=O)NCC(=O)Nc2ccc(F)cc2)cc1. The Kier molecular flexibility index (Phi) is 5.08. The minimum Gasteiger partial charge on any atom is -0.329 e. The monoisotopic (exact) mass is 301 g/mol. The quantitative estimate of drug-likeness (QED) is 0.812. The Morgan fingerprint density at radius 1 is 0.909 bits per heavy atom. The standard InChI is InChI=1S/C16H16FN3O2/c1-11-2-6-14(7-3-11)20-16(22)18-10-15(21)19-13-8-4-12(17)5-9-13/h2-9H,10H2,1H3,(H,19,21)(H2,18,20,22). The third kappa shape index (κ3) is 4.90. The molecule has 0 atom stereocenters. The highest BCUT2D eigenvalue weighted by Crippen LogP contribution is 2.09. The van der Waals surface area contributed by atoms with E-state index >= 15 is 0 Å². The van der Waals surface area contributed by atoms with E-state index in [0.29, 0.717) is 11.4 Å². The zero-order valence-electron chi connectivity index (χ0n) is 12.0. The van der Waals surface area contributed by atoms with Crippen LogP contribution in [0.2, 0.25) is 0 Å². The van der Waals surface area contributed by atoms with Gasteiger partial charge >= 0.3 is 6.03 Å². The van der Waals surface area contributed by atoms with Crippen LogP contribution >= 0.6 is 0 Å². The molecule has 2 rings (SSSR count). The van der Waals surface area contributed by atoms with Gasteiger partial charge in [-0.15, -0.1) is 0 Å². The number of benzene rings is 2. The summed E-state index contributed by atoms with van der Waals surface area (Å²) in [5, 5.41) is 7.60. The summed E-state index contributed by atoms with van der Waals surface area (Å²) in [6.07, 6.45) is 0. The molecule has 2 aromatic carbocycles. The van der Waals surface area contributed by atoms with E-state index < -0.39 is 11.9 Å². The first-order valence-electron chi connectivity index (χ1n) is 6.70. The van der Waals surface area contributed by atoms with Crippen LogP contribution in [-0.4, -0.2) is 18.5 Å². The predicted molar refractivity (Wildman–Crippen MR) is 83.2 cm³/mol. The van der Waals surface area contributed by atoms with E-state index in [1.54, 1.807) is 12.1 Å². The number of carbonyl (C=O) groups is 2. The Labute approximate surface area is 127 Å². The van der Waals surface area contributed by atoms with E-state index in [4.69, 9.17) is 0 Å². The van der Waals surface area contributed by atoms with Gasteiger partial charge < -0.3 is 16.0 Å². The van der Waals surface area contributed by atoms with Crippen LogP contribution in [0.4, 0.5) is 20.6 Å². The second-order valence-corrected chi connectivity index (χ2v) is 4.73. The summed E-state index contributed by atoms with van der Waals surface area (Å²) in [6, 6.07) is 12.2. The van der Waals surface area contributed by atoms with E-state index in [0.717, 1.165) is 5.56 Å². The number of carbonyl (C=O) groups excluding carboxylic acids is 2. The number of hydrogen-bond acceptors (Lipinski definition) is 2. The lowest BCUT2D eigenvalue weighted by Crippen LogP contribution is -2.35. The number of halogens is 1. The Balaban J connectivity index is 1.76. The molecule has 0 bridgehead atoms. The van der Waals surface area contributed by atoms with Crippen LogP contribution in [0.3, 0.4) is 0 Å². The maximum absolute atomic E-state index is 12.7. The van der Waals surface area contributed by atoms with Crippen molar-refractivity contribution in [2.75, 3.05) is 17.2 Å². The van der Waals surface area contributed by atoms with Crippen LogP contribution in [0.15, 0.2) is 48.5 Å². The lowest BCUT2D eigenvalue weighted by atomic mass is 10.2. The summed E-state index contributed by atoms with van der Waals surface area (Å²) in [5.41, 5.74) is 2.19. The molecule has 0 fully saturated rings. The summed E-state index contributed by atoms with van der Waals surface area (Å²) < 4.78 is 12.7. The largest absolute Gasteiger partial charge is 0.329 e. The first kappa shape index (κ1) is 15.5. The smallest absolute Gasteiger partial charge is 0.319 e. The van der Waals surface area contributed by atoms with Gasteiger partial charge in [0.15, 0.2) is 0 Å². The van der Waals surface area contributed by atoms with Crippen molar-refractivity contribution in [3.63, 3.8) is 0 Å². The molecule has 22 heavy (non-hydrogen) atoms. The van der Waals surface area contributed by atoms with Crippen molar-refractivity contribution in [2.45, 2.75) is 6.92 Å². The number of anilines is 2. The highest BCUT2D eigenvalue weighted by molar-refractivity contribution is 5.96. The van der Waals surface area contributed by atoms with Crippen LogP contribution in [0.5, 0.6) is 0 Å². The van der Waals surface area contributed by atoms with E-state index in [1.807, 2.05) is 19.1 Å². The molecule has 0 unspecified atom stereocenters. The van der Waals surface area contributed by atoms with Gasteiger partial charge in [0.25, 0.3) is 0 Å². The number of aryl methyl sites for hydroxylation is 1. The molecule has 6 heteroatoms. The normalized spacial score (nSPS) is 9.91. The Hall–Kier alpha value is -2.89. The zero-order chi connectivity index (χ0) is 15.9. The summed E-state index contributed by atoms with van der Waals surface area (Å²) in [4.78, 5) is 23.3. The topological polar surface area (TPSA) is 70.2 Å². The number of amides is 3. The second-order valence-electron chi connectivity index (χ2n) is 4.73. The maximum atomic E-state index is 12.7. The van der Waals surface area contributed by atoms with E-state index in [1.165, 1.54) is 24.3 Å². The number of hydrogen-bond donors (Lipinski definition) is 3. The van der Waals surface area contributed by atoms with Gasteiger partial charge in [-0.05, 0) is 43.3 Å². The van der Waals surface area contributed by atoms with Crippen molar-refractivity contribution in [2.24, 2.45) is 0 Å². The fourth-order valence-electron chi connectivity index (χ4n) is 1.71. The minimum atomic E-state index is -0.474. The first-order valence-corrected chi connectivity index (χ1v) is 6.70. The van der Waals surface area contributed by atoms with Crippen molar-refractivity contribution < 1.29 is 14.0 Å². The molecule has 0 radical (unpaired) electrons. The van der Waals surface area contributed by atoms with Crippen LogP contribution in [0, 0.1) is 12.7 Å². The number of rotatable bonds is 4. The number of nitrogens with one attached hydrogen (secondary N) is 3. The van der Waals surface area contributed by atoms with Crippen LogP contribution in [0.25, 0.3) is 0 Å². The van der Waals surface area contributed by atoms with Gasteiger partial charge in [-0.3, -0.25) is 4.79 Å². The van der Waals surface area contributed by atoms with Crippen molar-refractivity contribution in [3.8, 4) is 0 Å². The lowest BCUT2D eigenvalue weighted by molar-refractivity contribution is -0.115. The average molecular weight is 301 g/mol. The predicted octanol–water partition coefficient (Wildman–Crippen LogP) is 2.89. The van der Waals surface area contributed by atoms with Gasteiger partial charge in [0.2, 0.25) is 5.91 Å². The van der Waals surface area contributed by atoms with Gasteiger partial charge in [0.05, 0.1) is 6.54 Å². The van der Waals surface area contributed by atoms with E-state index in [2.05, 4.69) is 16.0 Å². The van der Waals surface area contributed by atoms with Crippen LogP contribution in [-0.2, 0) is 4.79 Å². The molecule has 3 amide bonds. The van der Waals surface area contributed by atoms with Gasteiger partial charge in [-0.1, -0.05) is 17.7 Å². The van der Waals surface area contributed by atoms with Gasteiger partial charge in [0, 0.05) is 11.4 Å². The lowest BCUT2D eigenvalue weighted by Gasteiger charge is -2.08. The van der Waals surface area contributed by atoms with Gasteiger partial charge in [-0.2, -0.15) is 0 Å². The third-order valence-electron chi connectivity index (χ3n) is 2.85.